The first-order valence-electron chi connectivity index (χ1n) is 10.0. The summed E-state index contributed by atoms with van der Waals surface area (Å²) in [7, 11) is 0. The van der Waals surface area contributed by atoms with Crippen molar-refractivity contribution in [3.63, 3.8) is 0 Å². The second-order valence-electron chi connectivity index (χ2n) is 7.74. The normalized spacial score (nSPS) is 17.9. The summed E-state index contributed by atoms with van der Waals surface area (Å²) in [4.78, 5) is 0. The van der Waals surface area contributed by atoms with E-state index in [1.165, 1.54) is 16.8 Å². The molecule has 0 saturated carbocycles. The molecule has 3 unspecified atom stereocenters. The Balaban J connectivity index is 5.40. The predicted molar refractivity (Wildman–Crippen MR) is 125 cm³/mol. The molecule has 0 amide bonds. The van der Waals surface area contributed by atoms with Gasteiger partial charge in [-0.2, -0.15) is 0 Å². The molecule has 0 rings (SSSR count). The minimum absolute atomic E-state index is 0.0376. The van der Waals surface area contributed by atoms with Gasteiger partial charge in [0.2, 0.25) is 0 Å². The molecule has 1 nitrogen and oxygen atoms in total. The summed E-state index contributed by atoms with van der Waals surface area (Å²) in [6, 6.07) is 0. The molecule has 27 heavy (non-hydrogen) atoms. The van der Waals surface area contributed by atoms with Crippen LogP contribution < -0.4 is 5.32 Å². The summed E-state index contributed by atoms with van der Waals surface area (Å²) in [6.45, 7) is 22.2. The SMILES string of the molecule is C=C/C=C\C=C(/C)CN/C(=C\C)C(C)C(C)(C=CC)C(C)/C=C\C=C(C)C. The summed E-state index contributed by atoms with van der Waals surface area (Å²) in [5.74, 6) is 0.796. The van der Waals surface area contributed by atoms with Crippen molar-refractivity contribution in [2.45, 2.75) is 55.4 Å². The molecule has 0 aromatic rings. The molecule has 1 N–H and O–H groups in total. The van der Waals surface area contributed by atoms with Gasteiger partial charge in [-0.25, -0.2) is 0 Å². The van der Waals surface area contributed by atoms with Crippen molar-refractivity contribution in [2.24, 2.45) is 17.3 Å². The van der Waals surface area contributed by atoms with Crippen molar-refractivity contribution in [3.8, 4) is 0 Å². The third-order valence-corrected chi connectivity index (χ3v) is 5.25. The quantitative estimate of drug-likeness (QED) is 0.294. The fraction of sp³-hybridized carbons (Fsp3) is 0.462. The Morgan fingerprint density at radius 2 is 1.70 bits per heavy atom. The molecule has 0 aliphatic carbocycles. The Kier molecular flexibility index (Phi) is 12.2. The van der Waals surface area contributed by atoms with Crippen LogP contribution >= 0.6 is 0 Å². The molecule has 0 saturated heterocycles. The van der Waals surface area contributed by atoms with Gasteiger partial charge in [-0.15, -0.1) is 0 Å². The molecule has 0 aromatic heterocycles. The fourth-order valence-electron chi connectivity index (χ4n) is 3.11. The lowest BCUT2D eigenvalue weighted by atomic mass is 9.67. The van der Waals surface area contributed by atoms with E-state index in [2.05, 4.69) is 110 Å². The van der Waals surface area contributed by atoms with Gasteiger partial charge >= 0.3 is 0 Å². The molecule has 0 spiro atoms. The van der Waals surface area contributed by atoms with E-state index in [1.807, 2.05) is 12.2 Å². The Morgan fingerprint density at radius 1 is 1.04 bits per heavy atom. The van der Waals surface area contributed by atoms with Crippen LogP contribution in [0.1, 0.15) is 55.4 Å². The standard InChI is InChI=1S/C26H41N/c1-10-13-14-17-22(6)20-27-25(12-3)24(8)26(9,19-11-2)23(7)18-15-16-21(4)5/h10-19,23-24,27H,1,20H2,2-9H3/b14-13-,18-15-,19-11?,22-17+,25-12-. The maximum Gasteiger partial charge on any atom is 0.0357 e. The second-order valence-corrected chi connectivity index (χ2v) is 7.74. The Morgan fingerprint density at radius 3 is 2.22 bits per heavy atom. The third-order valence-electron chi connectivity index (χ3n) is 5.25. The van der Waals surface area contributed by atoms with Crippen molar-refractivity contribution in [3.05, 3.63) is 84.2 Å². The summed E-state index contributed by atoms with van der Waals surface area (Å²) in [6.07, 6.45) is 21.3. The van der Waals surface area contributed by atoms with Crippen LogP contribution in [-0.2, 0) is 0 Å². The molecular formula is C26H41N. The zero-order chi connectivity index (χ0) is 20.9. The maximum atomic E-state index is 3.70. The van der Waals surface area contributed by atoms with E-state index in [9.17, 15) is 0 Å². The van der Waals surface area contributed by atoms with Crippen LogP contribution in [0.4, 0.5) is 0 Å². The molecule has 3 atom stereocenters. The number of allylic oxidation sites excluding steroid dienone is 12. The molecular weight excluding hydrogens is 326 g/mol. The minimum Gasteiger partial charge on any atom is -0.385 e. The van der Waals surface area contributed by atoms with Gasteiger partial charge in [-0.3, -0.25) is 0 Å². The van der Waals surface area contributed by atoms with Gasteiger partial charge in [0, 0.05) is 18.2 Å². The molecule has 0 fully saturated rings. The largest absolute Gasteiger partial charge is 0.385 e. The number of rotatable bonds is 11. The van der Waals surface area contributed by atoms with Gasteiger partial charge in [0.1, 0.15) is 0 Å². The second kappa shape index (κ2) is 13.2. The van der Waals surface area contributed by atoms with Crippen molar-refractivity contribution in [1.82, 2.24) is 5.32 Å². The highest BCUT2D eigenvalue weighted by molar-refractivity contribution is 5.21. The summed E-state index contributed by atoms with van der Waals surface area (Å²) in [5, 5.41) is 3.65. The van der Waals surface area contributed by atoms with Crippen LogP contribution in [0.2, 0.25) is 0 Å². The highest BCUT2D eigenvalue weighted by Gasteiger charge is 2.34. The lowest BCUT2D eigenvalue weighted by molar-refractivity contribution is 0.234. The molecule has 0 aliphatic heterocycles. The smallest absolute Gasteiger partial charge is 0.0357 e. The van der Waals surface area contributed by atoms with Gasteiger partial charge in [0.05, 0.1) is 0 Å². The van der Waals surface area contributed by atoms with E-state index in [-0.39, 0.29) is 5.41 Å². The van der Waals surface area contributed by atoms with Gasteiger partial charge < -0.3 is 5.32 Å². The number of hydrogen-bond acceptors (Lipinski definition) is 1. The van der Waals surface area contributed by atoms with Crippen LogP contribution in [0.5, 0.6) is 0 Å². The minimum atomic E-state index is 0.0376. The van der Waals surface area contributed by atoms with Crippen molar-refractivity contribution >= 4 is 0 Å². The maximum absolute atomic E-state index is 3.70. The van der Waals surface area contributed by atoms with E-state index in [1.54, 1.807) is 6.08 Å². The van der Waals surface area contributed by atoms with E-state index in [4.69, 9.17) is 0 Å². The molecule has 0 aliphatic rings. The van der Waals surface area contributed by atoms with Crippen molar-refractivity contribution in [2.75, 3.05) is 6.54 Å². The van der Waals surface area contributed by atoms with E-state index in [0.29, 0.717) is 11.8 Å². The Labute approximate surface area is 169 Å². The highest BCUT2D eigenvalue weighted by atomic mass is 14.9. The fourth-order valence-corrected chi connectivity index (χ4v) is 3.11. The van der Waals surface area contributed by atoms with Gasteiger partial charge in [-0.1, -0.05) is 99.3 Å². The zero-order valence-electron chi connectivity index (χ0n) is 18.8. The molecule has 0 radical (unpaired) electrons. The van der Waals surface area contributed by atoms with E-state index < -0.39 is 0 Å². The third kappa shape index (κ3) is 8.95. The Bertz CT molecular complexity index is 621. The van der Waals surface area contributed by atoms with Crippen LogP contribution in [-0.4, -0.2) is 6.54 Å². The van der Waals surface area contributed by atoms with E-state index in [0.717, 1.165) is 6.54 Å². The summed E-state index contributed by atoms with van der Waals surface area (Å²) in [5.41, 5.74) is 3.95. The number of nitrogens with one attached hydrogen (secondary N) is 1. The van der Waals surface area contributed by atoms with Crippen LogP contribution in [0.25, 0.3) is 0 Å². The first-order chi connectivity index (χ1) is 12.7. The average molecular weight is 368 g/mol. The van der Waals surface area contributed by atoms with Gasteiger partial charge in [-0.05, 0) is 46.0 Å². The van der Waals surface area contributed by atoms with Crippen LogP contribution in [0.3, 0.4) is 0 Å². The lowest BCUT2D eigenvalue weighted by Crippen LogP contribution is -2.35. The summed E-state index contributed by atoms with van der Waals surface area (Å²) < 4.78 is 0. The topological polar surface area (TPSA) is 12.0 Å². The van der Waals surface area contributed by atoms with E-state index >= 15 is 0 Å². The average Bonchev–Trinajstić information content (AvgIpc) is 2.61. The predicted octanol–water partition coefficient (Wildman–Crippen LogP) is 7.55. The van der Waals surface area contributed by atoms with Gasteiger partial charge in [0.15, 0.2) is 0 Å². The first-order valence-corrected chi connectivity index (χ1v) is 10.0. The Hall–Kier alpha value is -2.02. The molecule has 0 heterocycles. The molecule has 150 valence electrons. The van der Waals surface area contributed by atoms with Crippen molar-refractivity contribution < 1.29 is 0 Å². The first kappa shape index (κ1) is 25.0. The summed E-state index contributed by atoms with van der Waals surface area (Å²) >= 11 is 0. The van der Waals surface area contributed by atoms with Gasteiger partial charge in [0.25, 0.3) is 0 Å². The molecule has 1 heteroatoms. The molecule has 0 aromatic carbocycles. The zero-order valence-corrected chi connectivity index (χ0v) is 18.8. The van der Waals surface area contributed by atoms with Crippen LogP contribution in [0.15, 0.2) is 84.2 Å². The van der Waals surface area contributed by atoms with Crippen LogP contribution in [0, 0.1) is 17.3 Å². The lowest BCUT2D eigenvalue weighted by Gasteiger charge is -2.39. The monoisotopic (exact) mass is 367 g/mol. The highest BCUT2D eigenvalue weighted by Crippen LogP contribution is 2.41. The molecule has 0 bridgehead atoms. The number of hydrogen-bond donors (Lipinski definition) is 1. The van der Waals surface area contributed by atoms with Crippen molar-refractivity contribution in [1.29, 1.82) is 0 Å².